The Hall–Kier alpha value is -6.39. The van der Waals surface area contributed by atoms with Crippen LogP contribution in [0.4, 0.5) is 0 Å². The number of fused-ring (bicyclic) bond motifs is 8. The van der Waals surface area contributed by atoms with E-state index in [-0.39, 0.29) is 0 Å². The van der Waals surface area contributed by atoms with Crippen LogP contribution in [0.5, 0.6) is 0 Å². The standard InChI is InChI=1S/C45H32N3O/c1-2-14-33(15-3-1)46-28-47(40-22-10-8-17-35(40)38-21-12-24-43-45(38)39-20-9-11-23-42(39)49-43)30-48(29-46)41-27-32-26-25-31-13-4-5-16-34(31)44(32)37-19-7-6-18-36(37)41/h1-31,34H/q+3. The molecule has 8 aromatic rings. The lowest BCUT2D eigenvalue weighted by molar-refractivity contribution is -0.857. The van der Waals surface area contributed by atoms with Crippen LogP contribution in [0, 0.1) is 5.92 Å². The van der Waals surface area contributed by atoms with Crippen LogP contribution in [0.2, 0.25) is 0 Å². The van der Waals surface area contributed by atoms with Crippen LogP contribution < -0.4 is 13.7 Å². The van der Waals surface area contributed by atoms with Gasteiger partial charge >= 0.3 is 19.0 Å². The molecule has 6 aromatic carbocycles. The first-order chi connectivity index (χ1) is 24.3. The molecule has 2 aliphatic carbocycles. The van der Waals surface area contributed by atoms with Gasteiger partial charge in [-0.3, -0.25) is 0 Å². The summed E-state index contributed by atoms with van der Waals surface area (Å²) in [6, 6.07) is 45.1. The summed E-state index contributed by atoms with van der Waals surface area (Å²) in [6.07, 6.45) is 20.2. The molecule has 0 aliphatic heterocycles. The predicted octanol–water partition coefficient (Wildman–Crippen LogP) is 9.09. The zero-order valence-electron chi connectivity index (χ0n) is 26.7. The van der Waals surface area contributed by atoms with Gasteiger partial charge in [-0.15, -0.1) is 0 Å². The van der Waals surface area contributed by atoms with Gasteiger partial charge in [0.15, 0.2) is 0 Å². The van der Waals surface area contributed by atoms with Crippen LogP contribution in [-0.4, -0.2) is 0 Å². The summed E-state index contributed by atoms with van der Waals surface area (Å²) in [7, 11) is 0. The highest BCUT2D eigenvalue weighted by Crippen LogP contribution is 2.43. The van der Waals surface area contributed by atoms with Crippen LogP contribution in [0.1, 0.15) is 17.0 Å². The molecule has 0 spiro atoms. The molecule has 4 heteroatoms. The van der Waals surface area contributed by atoms with Gasteiger partial charge in [0, 0.05) is 52.4 Å². The summed E-state index contributed by atoms with van der Waals surface area (Å²) in [5.41, 5.74) is 10.0. The zero-order chi connectivity index (χ0) is 32.3. The van der Waals surface area contributed by atoms with E-state index in [9.17, 15) is 0 Å². The third-order valence-corrected chi connectivity index (χ3v) is 10.1. The minimum absolute atomic E-state index is 0.331. The second-order valence-corrected chi connectivity index (χ2v) is 12.9. The fraction of sp³-hybridized carbons (Fsp3) is 0.0444. The molecular formula is C45H32N3O+3. The normalized spacial score (nSPS) is 16.3. The Labute approximate surface area is 284 Å². The van der Waals surface area contributed by atoms with E-state index in [0.29, 0.717) is 11.8 Å². The molecule has 2 unspecified atom stereocenters. The maximum Gasteiger partial charge on any atom is 0.428 e. The SMILES string of the molecule is C1=CC2C=Cc3cc(-[n+]4c[n+](-c5ccccc5)c[n+](-c5ccccc5-c5cccc6oc7ccccc7c56)c4)c4ccccc4c3C2C=C1. The van der Waals surface area contributed by atoms with Crippen LogP contribution >= 0.6 is 0 Å². The van der Waals surface area contributed by atoms with Gasteiger partial charge in [-0.2, -0.15) is 0 Å². The average Bonchev–Trinajstić information content (AvgIpc) is 3.57. The molecule has 0 saturated heterocycles. The lowest BCUT2D eigenvalue weighted by atomic mass is 9.75. The van der Waals surface area contributed by atoms with Crippen molar-refractivity contribution in [3.63, 3.8) is 0 Å². The minimum atomic E-state index is 0.331. The van der Waals surface area contributed by atoms with E-state index in [2.05, 4.69) is 184 Å². The summed E-state index contributed by atoms with van der Waals surface area (Å²) >= 11 is 0. The van der Waals surface area contributed by atoms with Crippen molar-refractivity contribution in [3.8, 4) is 28.2 Å². The molecule has 0 amide bonds. The molecule has 2 atom stereocenters. The number of hydrogen-bond donors (Lipinski definition) is 0. The van der Waals surface area contributed by atoms with E-state index >= 15 is 0 Å². The van der Waals surface area contributed by atoms with Gasteiger partial charge in [-0.1, -0.05) is 129 Å². The molecule has 0 saturated carbocycles. The number of nitrogens with zero attached hydrogens (tertiary/aromatic N) is 3. The number of rotatable bonds is 4. The number of furan rings is 1. The molecule has 4 nitrogen and oxygen atoms in total. The topological polar surface area (TPSA) is 24.8 Å². The largest absolute Gasteiger partial charge is 0.456 e. The van der Waals surface area contributed by atoms with Gasteiger partial charge in [-0.25, -0.2) is 0 Å². The first-order valence-electron chi connectivity index (χ1n) is 16.8. The highest BCUT2D eigenvalue weighted by molar-refractivity contribution is 6.12. The predicted molar refractivity (Wildman–Crippen MR) is 195 cm³/mol. The Morgan fingerprint density at radius 2 is 1.16 bits per heavy atom. The molecule has 230 valence electrons. The van der Waals surface area contributed by atoms with Crippen LogP contribution in [-0.2, 0) is 0 Å². The minimum Gasteiger partial charge on any atom is -0.456 e. The Morgan fingerprint density at radius 1 is 0.490 bits per heavy atom. The maximum absolute atomic E-state index is 6.30. The summed E-state index contributed by atoms with van der Waals surface area (Å²) in [5, 5.41) is 4.77. The van der Waals surface area contributed by atoms with Crippen LogP contribution in [0.15, 0.2) is 181 Å². The molecule has 0 radical (unpaired) electrons. The molecule has 10 rings (SSSR count). The van der Waals surface area contributed by atoms with E-state index in [1.807, 2.05) is 12.1 Å². The molecule has 0 fully saturated rings. The Balaban J connectivity index is 1.23. The quantitative estimate of drug-likeness (QED) is 0.178. The smallest absolute Gasteiger partial charge is 0.428 e. The van der Waals surface area contributed by atoms with E-state index in [1.54, 1.807) is 0 Å². The van der Waals surface area contributed by atoms with Crippen molar-refractivity contribution in [2.24, 2.45) is 5.92 Å². The van der Waals surface area contributed by atoms with Crippen LogP contribution in [0.3, 0.4) is 0 Å². The van der Waals surface area contributed by atoms with E-state index in [0.717, 1.165) is 50.1 Å². The van der Waals surface area contributed by atoms with Gasteiger partial charge in [0.1, 0.15) is 11.2 Å². The first kappa shape index (κ1) is 27.7. The van der Waals surface area contributed by atoms with Crippen LogP contribution in [0.25, 0.3) is 67.0 Å². The molecule has 2 aromatic heterocycles. The lowest BCUT2D eigenvalue weighted by Gasteiger charge is -2.28. The molecule has 0 bridgehead atoms. The first-order valence-corrected chi connectivity index (χ1v) is 16.8. The Morgan fingerprint density at radius 3 is 2.06 bits per heavy atom. The molecular weight excluding hydrogens is 599 g/mol. The number of aromatic nitrogens is 3. The van der Waals surface area contributed by atoms with E-state index in [4.69, 9.17) is 4.42 Å². The van der Waals surface area contributed by atoms with E-state index < -0.39 is 0 Å². The van der Waals surface area contributed by atoms with Gasteiger partial charge in [0.2, 0.25) is 17.1 Å². The van der Waals surface area contributed by atoms with Crippen molar-refractivity contribution in [1.82, 2.24) is 0 Å². The van der Waals surface area contributed by atoms with Crippen molar-refractivity contribution in [2.75, 3.05) is 0 Å². The monoisotopic (exact) mass is 630 g/mol. The summed E-state index contributed by atoms with van der Waals surface area (Å²) in [4.78, 5) is 0. The number of allylic oxidation sites excluding steroid dienone is 5. The van der Waals surface area contributed by atoms with Crippen molar-refractivity contribution in [3.05, 3.63) is 188 Å². The third-order valence-electron chi connectivity index (χ3n) is 10.1. The van der Waals surface area contributed by atoms with E-state index in [1.165, 1.54) is 21.9 Å². The lowest BCUT2D eigenvalue weighted by Crippen LogP contribution is -2.55. The van der Waals surface area contributed by atoms with Crippen molar-refractivity contribution < 1.29 is 18.1 Å². The van der Waals surface area contributed by atoms with Crippen molar-refractivity contribution >= 4 is 38.8 Å². The number of benzene rings is 6. The summed E-state index contributed by atoms with van der Waals surface area (Å²) < 4.78 is 13.0. The molecule has 0 N–H and O–H groups in total. The molecule has 2 heterocycles. The molecule has 2 aliphatic rings. The average molecular weight is 631 g/mol. The highest BCUT2D eigenvalue weighted by atomic mass is 16.3. The number of hydrogen-bond acceptors (Lipinski definition) is 1. The van der Waals surface area contributed by atoms with Gasteiger partial charge in [0.25, 0.3) is 0 Å². The summed E-state index contributed by atoms with van der Waals surface area (Å²) in [5.74, 6) is 0.712. The number of para-hydroxylation sites is 3. The summed E-state index contributed by atoms with van der Waals surface area (Å²) in [6.45, 7) is 0. The van der Waals surface area contributed by atoms with Gasteiger partial charge < -0.3 is 4.42 Å². The Kier molecular flexibility index (Phi) is 6.28. The van der Waals surface area contributed by atoms with Gasteiger partial charge in [-0.05, 0) is 40.8 Å². The molecule has 49 heavy (non-hydrogen) atoms. The highest BCUT2D eigenvalue weighted by Gasteiger charge is 2.32. The second-order valence-electron chi connectivity index (χ2n) is 12.9. The van der Waals surface area contributed by atoms with Gasteiger partial charge in [0.05, 0.1) is 10.9 Å². The zero-order valence-corrected chi connectivity index (χ0v) is 26.7. The maximum atomic E-state index is 6.30. The Bertz CT molecular complexity index is 2680. The fourth-order valence-corrected chi connectivity index (χ4v) is 7.83. The third kappa shape index (κ3) is 4.49. The van der Waals surface area contributed by atoms with Crippen molar-refractivity contribution in [2.45, 2.75) is 5.92 Å². The van der Waals surface area contributed by atoms with Crippen molar-refractivity contribution in [1.29, 1.82) is 0 Å². The second kappa shape index (κ2) is 11.1. The fourth-order valence-electron chi connectivity index (χ4n) is 7.83.